The predicted molar refractivity (Wildman–Crippen MR) is 61.1 cm³/mol. The molecule has 88 valence electrons. The summed E-state index contributed by atoms with van der Waals surface area (Å²) in [4.78, 5) is 0.409. The first-order valence-electron chi connectivity index (χ1n) is 5.22. The molecule has 1 saturated heterocycles. The molecule has 0 spiro atoms. The fourth-order valence-corrected chi connectivity index (χ4v) is 3.26. The van der Waals surface area contributed by atoms with Gasteiger partial charge in [0, 0.05) is 24.2 Å². The second-order valence-corrected chi connectivity index (χ2v) is 5.49. The van der Waals surface area contributed by atoms with Crippen LogP contribution in [0.25, 0.3) is 0 Å². The van der Waals surface area contributed by atoms with E-state index >= 15 is 0 Å². The number of rotatable bonds is 2. The van der Waals surface area contributed by atoms with Crippen LogP contribution in [0.4, 0.5) is 10.1 Å². The number of hydrogen-bond donors (Lipinski definition) is 1. The van der Waals surface area contributed by atoms with Crippen LogP contribution in [0, 0.1) is 5.82 Å². The van der Waals surface area contributed by atoms with Crippen molar-refractivity contribution in [3.8, 4) is 0 Å². The Balaban J connectivity index is 2.22. The average molecular weight is 243 g/mol. The molecule has 1 aliphatic heterocycles. The van der Waals surface area contributed by atoms with Crippen molar-refractivity contribution in [1.82, 2.24) is 0 Å². The zero-order valence-electron chi connectivity index (χ0n) is 8.82. The van der Waals surface area contributed by atoms with Crippen LogP contribution in [0.2, 0.25) is 0 Å². The zero-order chi connectivity index (χ0) is 11.5. The summed E-state index contributed by atoms with van der Waals surface area (Å²) in [5.41, 5.74) is 6.10. The lowest BCUT2D eigenvalue weighted by Crippen LogP contribution is -2.25. The van der Waals surface area contributed by atoms with Crippen molar-refractivity contribution in [3.63, 3.8) is 0 Å². The molecule has 0 aromatic heterocycles. The van der Waals surface area contributed by atoms with Crippen molar-refractivity contribution in [1.29, 1.82) is 0 Å². The summed E-state index contributed by atoms with van der Waals surface area (Å²) in [5, 5.41) is 0.0258. The molecule has 0 bridgehead atoms. The van der Waals surface area contributed by atoms with Crippen molar-refractivity contribution < 1.29 is 13.3 Å². The third kappa shape index (κ3) is 2.41. The van der Waals surface area contributed by atoms with Gasteiger partial charge in [-0.15, -0.1) is 0 Å². The largest absolute Gasteiger partial charge is 0.398 e. The van der Waals surface area contributed by atoms with E-state index < -0.39 is 16.6 Å². The topological polar surface area (TPSA) is 52.3 Å². The van der Waals surface area contributed by atoms with Crippen LogP contribution in [0.15, 0.2) is 23.1 Å². The molecular formula is C11H14FNO2S. The fourth-order valence-electron chi connectivity index (χ4n) is 1.75. The van der Waals surface area contributed by atoms with Crippen molar-refractivity contribution in [3.05, 3.63) is 24.0 Å². The van der Waals surface area contributed by atoms with Crippen LogP contribution in [0.1, 0.15) is 12.8 Å². The Morgan fingerprint density at radius 3 is 2.75 bits per heavy atom. The second-order valence-electron chi connectivity index (χ2n) is 3.79. The summed E-state index contributed by atoms with van der Waals surface area (Å²) < 4.78 is 30.4. The van der Waals surface area contributed by atoms with Gasteiger partial charge in [0.05, 0.1) is 15.7 Å². The lowest BCUT2D eigenvalue weighted by molar-refractivity contribution is 0.0992. The monoisotopic (exact) mass is 243 g/mol. The van der Waals surface area contributed by atoms with E-state index in [0.717, 1.165) is 12.8 Å². The van der Waals surface area contributed by atoms with Crippen molar-refractivity contribution in [2.75, 3.05) is 18.9 Å². The number of hydrogen-bond acceptors (Lipinski definition) is 3. The second kappa shape index (κ2) is 4.93. The van der Waals surface area contributed by atoms with Gasteiger partial charge in [-0.2, -0.15) is 0 Å². The lowest BCUT2D eigenvalue weighted by Gasteiger charge is -2.21. The van der Waals surface area contributed by atoms with Crippen LogP contribution in [0.3, 0.4) is 0 Å². The third-order valence-corrected chi connectivity index (χ3v) is 4.53. The SMILES string of the molecule is Nc1ccc(F)cc1S(=O)C1CCOCC1. The van der Waals surface area contributed by atoms with E-state index in [1.165, 1.54) is 18.2 Å². The molecule has 2 N–H and O–H groups in total. The summed E-state index contributed by atoms with van der Waals surface area (Å²) in [6.07, 6.45) is 1.48. The first-order valence-corrected chi connectivity index (χ1v) is 6.43. The Hall–Kier alpha value is -0.940. The first kappa shape index (κ1) is 11.5. The molecule has 5 heteroatoms. The molecule has 16 heavy (non-hydrogen) atoms. The van der Waals surface area contributed by atoms with Gasteiger partial charge in [0.15, 0.2) is 0 Å². The molecule has 1 atom stereocenters. The molecule has 0 radical (unpaired) electrons. The van der Waals surface area contributed by atoms with E-state index in [4.69, 9.17) is 10.5 Å². The summed E-state index contributed by atoms with van der Waals surface area (Å²) >= 11 is 0. The highest BCUT2D eigenvalue weighted by atomic mass is 32.2. The van der Waals surface area contributed by atoms with Gasteiger partial charge in [-0.05, 0) is 31.0 Å². The van der Waals surface area contributed by atoms with Crippen LogP contribution in [-0.4, -0.2) is 22.7 Å². The first-order chi connectivity index (χ1) is 7.68. The molecule has 0 aliphatic carbocycles. The molecule has 1 aliphatic rings. The minimum absolute atomic E-state index is 0.0258. The maximum atomic E-state index is 13.1. The molecule has 3 nitrogen and oxygen atoms in total. The van der Waals surface area contributed by atoms with E-state index in [2.05, 4.69) is 0 Å². The number of nitrogen functional groups attached to an aromatic ring is 1. The number of halogens is 1. The number of ether oxygens (including phenoxy) is 1. The van der Waals surface area contributed by atoms with Gasteiger partial charge in [-0.25, -0.2) is 4.39 Å². The van der Waals surface area contributed by atoms with Crippen molar-refractivity contribution in [2.24, 2.45) is 0 Å². The summed E-state index contributed by atoms with van der Waals surface area (Å²) in [5.74, 6) is -0.399. The van der Waals surface area contributed by atoms with Crippen LogP contribution in [0.5, 0.6) is 0 Å². The van der Waals surface area contributed by atoms with Crippen molar-refractivity contribution in [2.45, 2.75) is 23.0 Å². The highest BCUT2D eigenvalue weighted by molar-refractivity contribution is 7.85. The van der Waals surface area contributed by atoms with Gasteiger partial charge >= 0.3 is 0 Å². The van der Waals surface area contributed by atoms with Crippen LogP contribution < -0.4 is 5.73 Å². The molecule has 1 aromatic rings. The Labute approximate surface area is 96.2 Å². The van der Waals surface area contributed by atoms with E-state index in [0.29, 0.717) is 23.8 Å². The minimum Gasteiger partial charge on any atom is -0.398 e. The fraction of sp³-hybridized carbons (Fsp3) is 0.455. The van der Waals surface area contributed by atoms with Gasteiger partial charge in [0.25, 0.3) is 0 Å². The van der Waals surface area contributed by atoms with Gasteiger partial charge < -0.3 is 10.5 Å². The Kier molecular flexibility index (Phi) is 3.56. The highest BCUT2D eigenvalue weighted by Crippen LogP contribution is 2.24. The smallest absolute Gasteiger partial charge is 0.124 e. The molecule has 2 rings (SSSR count). The molecule has 1 fully saturated rings. The summed E-state index contributed by atoms with van der Waals surface area (Å²) in [6, 6.07) is 4.00. The third-order valence-electron chi connectivity index (χ3n) is 2.66. The molecular weight excluding hydrogens is 229 g/mol. The highest BCUT2D eigenvalue weighted by Gasteiger charge is 2.23. The summed E-state index contributed by atoms with van der Waals surface area (Å²) in [7, 11) is -1.24. The van der Waals surface area contributed by atoms with E-state index in [1.54, 1.807) is 0 Å². The van der Waals surface area contributed by atoms with E-state index in [9.17, 15) is 8.60 Å². The average Bonchev–Trinajstić information content (AvgIpc) is 2.32. The lowest BCUT2D eigenvalue weighted by atomic mass is 10.2. The van der Waals surface area contributed by atoms with Crippen LogP contribution >= 0.6 is 0 Å². The Morgan fingerprint density at radius 2 is 2.06 bits per heavy atom. The zero-order valence-corrected chi connectivity index (χ0v) is 9.63. The van der Waals surface area contributed by atoms with Crippen LogP contribution in [-0.2, 0) is 15.5 Å². The maximum Gasteiger partial charge on any atom is 0.124 e. The molecule has 0 amide bonds. The number of anilines is 1. The quantitative estimate of drug-likeness (QED) is 0.804. The maximum absolute atomic E-state index is 13.1. The summed E-state index contributed by atoms with van der Waals surface area (Å²) in [6.45, 7) is 1.23. The Bertz CT molecular complexity index is 405. The number of benzene rings is 1. The number of nitrogens with two attached hydrogens (primary N) is 1. The molecule has 1 aromatic carbocycles. The molecule has 1 unspecified atom stereocenters. The van der Waals surface area contributed by atoms with Crippen molar-refractivity contribution >= 4 is 16.5 Å². The van der Waals surface area contributed by atoms with Gasteiger partial charge in [0.1, 0.15) is 5.82 Å². The minimum atomic E-state index is -1.24. The molecule has 1 heterocycles. The predicted octanol–water partition coefficient (Wildman–Crippen LogP) is 1.69. The molecule has 0 saturated carbocycles. The van der Waals surface area contributed by atoms with Gasteiger partial charge in [-0.3, -0.25) is 4.21 Å². The van der Waals surface area contributed by atoms with Gasteiger partial charge in [0.2, 0.25) is 0 Å². The Morgan fingerprint density at radius 1 is 1.38 bits per heavy atom. The van der Waals surface area contributed by atoms with E-state index in [-0.39, 0.29) is 5.25 Å². The van der Waals surface area contributed by atoms with Gasteiger partial charge in [-0.1, -0.05) is 0 Å². The standard InChI is InChI=1S/C11H14FNO2S/c12-8-1-2-10(13)11(7-8)16(14)9-3-5-15-6-4-9/h1-2,7,9H,3-6,13H2. The van der Waals surface area contributed by atoms with E-state index in [1.807, 2.05) is 0 Å². The normalized spacial score (nSPS) is 19.6.